The van der Waals surface area contributed by atoms with E-state index in [-0.39, 0.29) is 12.4 Å². The van der Waals surface area contributed by atoms with Crippen molar-refractivity contribution in [3.63, 3.8) is 0 Å². The monoisotopic (exact) mass is 280 g/mol. The van der Waals surface area contributed by atoms with Gasteiger partial charge in [0.1, 0.15) is 20.0 Å². The van der Waals surface area contributed by atoms with Gasteiger partial charge in [-0.15, -0.1) is 0 Å². The Kier molecular flexibility index (Phi) is 3.53. The molecule has 4 nitrogen and oxygen atoms in total. The van der Waals surface area contributed by atoms with Crippen LogP contribution in [0.1, 0.15) is 5.56 Å². The maximum atomic E-state index is 2.58. The van der Waals surface area contributed by atoms with Gasteiger partial charge in [-0.2, -0.15) is 0 Å². The summed E-state index contributed by atoms with van der Waals surface area (Å²) < 4.78 is 1.24. The van der Waals surface area contributed by atoms with Crippen molar-refractivity contribution in [1.82, 2.24) is 14.7 Å². The summed E-state index contributed by atoms with van der Waals surface area (Å²) in [6.45, 7) is 8.57. The minimum Gasteiger partial charge on any atom is -1.00 e. The van der Waals surface area contributed by atoms with E-state index in [0.29, 0.717) is 0 Å². The highest BCUT2D eigenvalue weighted by Crippen LogP contribution is 2.28. The van der Waals surface area contributed by atoms with E-state index >= 15 is 0 Å². The van der Waals surface area contributed by atoms with Crippen LogP contribution in [-0.2, 0) is 6.42 Å². The van der Waals surface area contributed by atoms with Gasteiger partial charge in [0.15, 0.2) is 0 Å². The van der Waals surface area contributed by atoms with Crippen molar-refractivity contribution in [2.24, 2.45) is 0 Å². The summed E-state index contributed by atoms with van der Waals surface area (Å²) in [5, 5.41) is 0. The van der Waals surface area contributed by atoms with E-state index in [1.165, 1.54) is 63.0 Å². The number of nitrogens with zero attached hydrogens (tertiary/aromatic N) is 4. The first-order valence-corrected chi connectivity index (χ1v) is 6.88. The van der Waals surface area contributed by atoms with Crippen molar-refractivity contribution in [1.29, 1.82) is 0 Å². The van der Waals surface area contributed by atoms with E-state index in [0.717, 1.165) is 0 Å². The van der Waals surface area contributed by atoms with Gasteiger partial charge in [0, 0.05) is 6.42 Å². The zero-order valence-electron chi connectivity index (χ0n) is 11.2. The van der Waals surface area contributed by atoms with Crippen LogP contribution in [0.4, 0.5) is 0 Å². The molecule has 19 heavy (non-hydrogen) atoms. The molecule has 0 radical (unpaired) electrons. The summed E-state index contributed by atoms with van der Waals surface area (Å²) in [7, 11) is 0. The number of hydrogen-bond acceptors (Lipinski definition) is 3. The highest BCUT2D eigenvalue weighted by atomic mass is 35.5. The van der Waals surface area contributed by atoms with E-state index in [9.17, 15) is 0 Å². The van der Waals surface area contributed by atoms with Crippen LogP contribution < -0.4 is 12.4 Å². The lowest BCUT2D eigenvalue weighted by atomic mass is 10.1. The summed E-state index contributed by atoms with van der Waals surface area (Å²) in [6, 6.07) is 10.9. The second-order valence-electron chi connectivity index (χ2n) is 6.16. The first-order valence-electron chi connectivity index (χ1n) is 6.88. The van der Waals surface area contributed by atoms with Gasteiger partial charge in [0.2, 0.25) is 0 Å². The third kappa shape index (κ3) is 2.51. The molecule has 1 aromatic carbocycles. The van der Waals surface area contributed by atoms with Gasteiger partial charge in [0.25, 0.3) is 0 Å². The van der Waals surface area contributed by atoms with Gasteiger partial charge in [-0.1, -0.05) is 30.3 Å². The number of benzene rings is 1. The van der Waals surface area contributed by atoms with E-state index in [4.69, 9.17) is 0 Å². The fraction of sp³-hybridized carbons (Fsp3) is 0.571. The molecule has 4 bridgehead atoms. The molecule has 0 spiro atoms. The predicted molar refractivity (Wildman–Crippen MR) is 70.0 cm³/mol. The van der Waals surface area contributed by atoms with Crippen LogP contribution in [0, 0.1) is 0 Å². The first-order chi connectivity index (χ1) is 8.81. The average molecular weight is 281 g/mol. The highest BCUT2D eigenvalue weighted by Gasteiger charge is 2.47. The molecule has 104 valence electrons. The predicted octanol–water partition coefficient (Wildman–Crippen LogP) is -2.26. The quantitative estimate of drug-likeness (QED) is 0.579. The zero-order chi connectivity index (χ0) is 12.0. The van der Waals surface area contributed by atoms with E-state index in [1.54, 1.807) is 0 Å². The average Bonchev–Trinajstić information content (AvgIpc) is 2.36. The van der Waals surface area contributed by atoms with Crippen LogP contribution in [0.3, 0.4) is 0 Å². The Morgan fingerprint density at radius 1 is 0.842 bits per heavy atom. The lowest BCUT2D eigenvalue weighted by Crippen LogP contribution is -3.00. The van der Waals surface area contributed by atoms with Crippen LogP contribution >= 0.6 is 0 Å². The maximum Gasteiger partial charge on any atom is 0.139 e. The molecule has 4 heterocycles. The molecular weight excluding hydrogens is 260 g/mol. The molecule has 0 amide bonds. The third-order valence-electron chi connectivity index (χ3n) is 4.42. The number of hydrogen-bond donors (Lipinski definition) is 0. The lowest BCUT2D eigenvalue weighted by molar-refractivity contribution is -0.980. The van der Waals surface area contributed by atoms with Crippen LogP contribution in [0.25, 0.3) is 0 Å². The number of rotatable bonds is 3. The van der Waals surface area contributed by atoms with Gasteiger partial charge in [-0.05, 0) is 5.56 Å². The van der Waals surface area contributed by atoms with Crippen molar-refractivity contribution in [2.45, 2.75) is 6.42 Å². The molecule has 5 rings (SSSR count). The molecule has 0 unspecified atom stereocenters. The second-order valence-corrected chi connectivity index (χ2v) is 6.16. The largest absolute Gasteiger partial charge is 1.00 e. The van der Waals surface area contributed by atoms with Crippen molar-refractivity contribution in [2.75, 3.05) is 46.6 Å². The van der Waals surface area contributed by atoms with Crippen LogP contribution in [-0.4, -0.2) is 65.7 Å². The first kappa shape index (κ1) is 13.3. The highest BCUT2D eigenvalue weighted by molar-refractivity contribution is 5.14. The molecular formula is C14H21ClN4. The molecule has 0 aromatic heterocycles. The maximum absolute atomic E-state index is 2.58. The van der Waals surface area contributed by atoms with E-state index in [2.05, 4.69) is 45.0 Å². The van der Waals surface area contributed by atoms with Gasteiger partial charge >= 0.3 is 0 Å². The van der Waals surface area contributed by atoms with Crippen LogP contribution in [0.5, 0.6) is 0 Å². The van der Waals surface area contributed by atoms with Crippen LogP contribution in [0.2, 0.25) is 0 Å². The summed E-state index contributed by atoms with van der Waals surface area (Å²) in [4.78, 5) is 7.75. The molecule has 4 fully saturated rings. The molecule has 1 aromatic rings. The fourth-order valence-corrected chi connectivity index (χ4v) is 3.88. The molecule has 0 N–H and O–H groups in total. The summed E-state index contributed by atoms with van der Waals surface area (Å²) in [6.07, 6.45) is 1.20. The summed E-state index contributed by atoms with van der Waals surface area (Å²) in [5.74, 6) is 0. The SMILES string of the molecule is [Cl-].c1ccc(CC[N+]23CN4CN(CN(C4)C2)C3)cc1. The molecule has 0 saturated carbocycles. The molecule has 4 saturated heterocycles. The molecule has 5 heteroatoms. The molecule has 0 atom stereocenters. The van der Waals surface area contributed by atoms with E-state index in [1.807, 2.05) is 0 Å². The van der Waals surface area contributed by atoms with E-state index < -0.39 is 0 Å². The Labute approximate surface area is 121 Å². The topological polar surface area (TPSA) is 9.72 Å². The number of halogens is 1. The lowest BCUT2D eigenvalue weighted by Gasteiger charge is -2.60. The van der Waals surface area contributed by atoms with Crippen molar-refractivity contribution >= 4 is 0 Å². The Morgan fingerprint density at radius 2 is 1.37 bits per heavy atom. The van der Waals surface area contributed by atoms with Gasteiger partial charge < -0.3 is 12.4 Å². The smallest absolute Gasteiger partial charge is 0.139 e. The van der Waals surface area contributed by atoms with Crippen molar-refractivity contribution < 1.29 is 16.9 Å². The zero-order valence-corrected chi connectivity index (χ0v) is 12.0. The van der Waals surface area contributed by atoms with Gasteiger partial charge in [0.05, 0.1) is 26.6 Å². The van der Waals surface area contributed by atoms with Crippen molar-refractivity contribution in [3.05, 3.63) is 35.9 Å². The standard InChI is InChI=1S/C14H21N4.ClH/c1-2-4-14(5-3-1)6-7-18-11-15-8-16(12-18)10-17(9-15)13-18;/h1-5H,6-13H2;1H/q+1;/p-1. The van der Waals surface area contributed by atoms with Crippen molar-refractivity contribution in [3.8, 4) is 0 Å². The summed E-state index contributed by atoms with van der Waals surface area (Å²) >= 11 is 0. The molecule has 0 aliphatic carbocycles. The Morgan fingerprint density at radius 3 is 1.89 bits per heavy atom. The Hall–Kier alpha value is -0.650. The molecule has 4 aliphatic heterocycles. The summed E-state index contributed by atoms with van der Waals surface area (Å²) in [5.41, 5.74) is 1.48. The third-order valence-corrected chi connectivity index (χ3v) is 4.42. The van der Waals surface area contributed by atoms with Gasteiger partial charge in [-0.3, -0.25) is 4.48 Å². The normalized spacial score (nSPS) is 39.1. The minimum absolute atomic E-state index is 0. The fourth-order valence-electron chi connectivity index (χ4n) is 3.88. The van der Waals surface area contributed by atoms with Gasteiger partial charge in [-0.25, -0.2) is 14.7 Å². The molecule has 4 aliphatic rings. The van der Waals surface area contributed by atoms with Crippen LogP contribution in [0.15, 0.2) is 30.3 Å². The minimum atomic E-state index is 0. The Balaban J connectivity index is 0.00000110. The Bertz CT molecular complexity index is 401. The second kappa shape index (κ2) is 5.04. The number of quaternary nitrogens is 1.